The molecule has 0 saturated heterocycles. The molecule has 3 N–H and O–H groups in total. The maximum absolute atomic E-state index is 13.3. The number of benzene rings is 1. The lowest BCUT2D eigenvalue weighted by Crippen LogP contribution is -2.32. The van der Waals surface area contributed by atoms with E-state index in [4.69, 9.17) is 22.1 Å². The highest BCUT2D eigenvalue weighted by molar-refractivity contribution is 6.30. The highest BCUT2D eigenvalue weighted by Gasteiger charge is 2.15. The lowest BCUT2D eigenvalue weighted by molar-refractivity contribution is 0.0535. The van der Waals surface area contributed by atoms with E-state index in [1.54, 1.807) is 20.8 Å². The van der Waals surface area contributed by atoms with Crippen molar-refractivity contribution >= 4 is 23.4 Å². The van der Waals surface area contributed by atoms with Crippen LogP contribution in [0.4, 0.5) is 14.9 Å². The van der Waals surface area contributed by atoms with Crippen LogP contribution in [0.2, 0.25) is 5.02 Å². The van der Waals surface area contributed by atoms with Crippen molar-refractivity contribution < 1.29 is 13.9 Å². The van der Waals surface area contributed by atoms with Crippen LogP contribution >= 0.6 is 11.6 Å². The van der Waals surface area contributed by atoms with Crippen LogP contribution in [0.25, 0.3) is 0 Å². The third kappa shape index (κ3) is 5.37. The monoisotopic (exact) mass is 298 g/mol. The Labute approximate surface area is 122 Å². The van der Waals surface area contributed by atoms with Gasteiger partial charge in [-0.15, -0.1) is 0 Å². The van der Waals surface area contributed by atoms with Crippen molar-refractivity contribution in [2.75, 3.05) is 12.3 Å². The van der Waals surface area contributed by atoms with Crippen LogP contribution in [-0.2, 0) is 4.74 Å². The molecule has 1 amide bonds. The lowest BCUT2D eigenvalue weighted by Gasteiger charge is -2.19. The van der Waals surface area contributed by atoms with Crippen molar-refractivity contribution in [2.45, 2.75) is 26.4 Å². The second-order valence-corrected chi connectivity index (χ2v) is 5.44. The molecular weight excluding hydrogens is 283 g/mol. The molecule has 0 bridgehead atoms. The summed E-state index contributed by atoms with van der Waals surface area (Å²) in [6.07, 6.45) is -0.572. The van der Waals surface area contributed by atoms with E-state index in [0.29, 0.717) is 0 Å². The largest absolute Gasteiger partial charge is 0.444 e. The number of carbonyl (C=O) groups is 1. The summed E-state index contributed by atoms with van der Waals surface area (Å²) in [5.74, 6) is 4.67. The Hall–Kier alpha value is -1.93. The highest BCUT2D eigenvalue weighted by atomic mass is 35.5. The molecule has 0 heterocycles. The Balaban J connectivity index is 2.62. The molecule has 0 aliphatic rings. The minimum atomic E-state index is -0.623. The average Bonchev–Trinajstić information content (AvgIpc) is 2.28. The minimum Gasteiger partial charge on any atom is -0.444 e. The summed E-state index contributed by atoms with van der Waals surface area (Å²) >= 11 is 5.70. The number of anilines is 1. The number of ether oxygens (including phenoxy) is 1. The van der Waals surface area contributed by atoms with E-state index >= 15 is 0 Å². The first-order chi connectivity index (χ1) is 9.19. The van der Waals surface area contributed by atoms with Crippen LogP contribution in [0, 0.1) is 17.7 Å². The van der Waals surface area contributed by atoms with E-state index in [1.807, 2.05) is 0 Å². The summed E-state index contributed by atoms with van der Waals surface area (Å²) in [5.41, 5.74) is 5.17. The van der Waals surface area contributed by atoms with Crippen LogP contribution in [0.3, 0.4) is 0 Å². The number of amides is 1. The third-order valence-electron chi connectivity index (χ3n) is 2.04. The molecule has 1 aromatic carbocycles. The number of hydrogen-bond donors (Lipinski definition) is 2. The second-order valence-electron chi connectivity index (χ2n) is 5.01. The summed E-state index contributed by atoms with van der Waals surface area (Å²) in [5, 5.41) is 2.67. The molecule has 0 aromatic heterocycles. The number of nitrogen functional groups attached to an aromatic ring is 1. The van der Waals surface area contributed by atoms with Gasteiger partial charge in [0.2, 0.25) is 0 Å². The van der Waals surface area contributed by atoms with E-state index < -0.39 is 17.5 Å². The van der Waals surface area contributed by atoms with E-state index in [-0.39, 0.29) is 22.8 Å². The van der Waals surface area contributed by atoms with Gasteiger partial charge in [0, 0.05) is 5.02 Å². The van der Waals surface area contributed by atoms with E-state index in [9.17, 15) is 9.18 Å². The van der Waals surface area contributed by atoms with Crippen LogP contribution < -0.4 is 11.1 Å². The van der Waals surface area contributed by atoms with Gasteiger partial charge in [0.05, 0.1) is 17.8 Å². The fraction of sp³-hybridized carbons (Fsp3) is 0.357. The van der Waals surface area contributed by atoms with Gasteiger partial charge in [-0.25, -0.2) is 9.18 Å². The summed E-state index contributed by atoms with van der Waals surface area (Å²) in [6.45, 7) is 5.33. The number of halogens is 2. The molecule has 0 fully saturated rings. The van der Waals surface area contributed by atoms with Crippen molar-refractivity contribution in [1.82, 2.24) is 5.32 Å². The smallest absolute Gasteiger partial charge is 0.408 e. The van der Waals surface area contributed by atoms with Crippen LogP contribution in [0.5, 0.6) is 0 Å². The predicted octanol–water partition coefficient (Wildman–Crippen LogP) is 2.94. The van der Waals surface area contributed by atoms with E-state index in [0.717, 1.165) is 6.07 Å². The van der Waals surface area contributed by atoms with Crippen molar-refractivity contribution in [3.63, 3.8) is 0 Å². The van der Waals surface area contributed by atoms with Crippen LogP contribution in [0.1, 0.15) is 26.3 Å². The Morgan fingerprint density at radius 1 is 1.50 bits per heavy atom. The Bertz CT molecular complexity index is 571. The first-order valence-electron chi connectivity index (χ1n) is 5.89. The van der Waals surface area contributed by atoms with Gasteiger partial charge in [0.1, 0.15) is 11.4 Å². The van der Waals surface area contributed by atoms with Gasteiger partial charge in [-0.05, 0) is 32.9 Å². The zero-order valence-corrected chi connectivity index (χ0v) is 12.3. The standard InChI is InChI=1S/C14H16ClFN2O2/c1-14(2,3)20-13(19)18-6-4-5-9-7-10(15)8-11(16)12(9)17/h7-8H,6,17H2,1-3H3,(H,18,19). The normalized spacial score (nSPS) is 10.4. The number of rotatable bonds is 1. The van der Waals surface area contributed by atoms with Crippen LogP contribution in [0.15, 0.2) is 12.1 Å². The topological polar surface area (TPSA) is 64.3 Å². The van der Waals surface area contributed by atoms with Crippen molar-refractivity contribution in [2.24, 2.45) is 0 Å². The molecule has 1 aromatic rings. The molecule has 0 unspecified atom stereocenters. The zero-order chi connectivity index (χ0) is 15.3. The summed E-state index contributed by atoms with van der Waals surface area (Å²) in [7, 11) is 0. The van der Waals surface area contributed by atoms with Gasteiger partial charge in [0.15, 0.2) is 0 Å². The van der Waals surface area contributed by atoms with Gasteiger partial charge in [-0.3, -0.25) is 0 Å². The molecular formula is C14H16ClFN2O2. The fourth-order valence-corrected chi connectivity index (χ4v) is 1.46. The zero-order valence-electron chi connectivity index (χ0n) is 11.5. The number of nitrogens with two attached hydrogens (primary N) is 1. The van der Waals surface area contributed by atoms with Crippen LogP contribution in [-0.4, -0.2) is 18.2 Å². The van der Waals surface area contributed by atoms with Gasteiger partial charge in [-0.1, -0.05) is 23.4 Å². The van der Waals surface area contributed by atoms with Gasteiger partial charge < -0.3 is 15.8 Å². The SMILES string of the molecule is CC(C)(C)OC(=O)NCC#Cc1cc(Cl)cc(F)c1N. The number of carbonyl (C=O) groups excluding carboxylic acids is 1. The van der Waals surface area contributed by atoms with Crippen molar-refractivity contribution in [3.05, 3.63) is 28.5 Å². The van der Waals surface area contributed by atoms with Gasteiger partial charge in [-0.2, -0.15) is 0 Å². The molecule has 0 radical (unpaired) electrons. The average molecular weight is 299 g/mol. The van der Waals surface area contributed by atoms with E-state index in [2.05, 4.69) is 17.2 Å². The minimum absolute atomic E-state index is 0.0580. The lowest BCUT2D eigenvalue weighted by atomic mass is 10.2. The molecule has 0 spiro atoms. The van der Waals surface area contributed by atoms with Gasteiger partial charge >= 0.3 is 6.09 Å². The molecule has 0 saturated carbocycles. The maximum Gasteiger partial charge on any atom is 0.408 e. The summed E-state index contributed by atoms with van der Waals surface area (Å²) < 4.78 is 18.3. The molecule has 6 heteroatoms. The number of hydrogen-bond acceptors (Lipinski definition) is 3. The Kier molecular flexibility index (Phi) is 5.23. The number of alkyl carbamates (subject to hydrolysis) is 1. The maximum atomic E-state index is 13.3. The Morgan fingerprint density at radius 3 is 2.75 bits per heavy atom. The quantitative estimate of drug-likeness (QED) is 0.619. The molecule has 0 aliphatic heterocycles. The third-order valence-corrected chi connectivity index (χ3v) is 2.26. The number of nitrogens with one attached hydrogen (secondary N) is 1. The first kappa shape index (κ1) is 16.1. The first-order valence-corrected chi connectivity index (χ1v) is 6.27. The molecule has 20 heavy (non-hydrogen) atoms. The summed E-state index contributed by atoms with van der Waals surface area (Å²) in [4.78, 5) is 11.3. The molecule has 0 atom stereocenters. The Morgan fingerprint density at radius 2 is 2.15 bits per heavy atom. The molecule has 108 valence electrons. The summed E-state index contributed by atoms with van der Waals surface area (Å²) in [6, 6.07) is 2.57. The second kappa shape index (κ2) is 6.49. The predicted molar refractivity (Wildman–Crippen MR) is 76.9 cm³/mol. The fourth-order valence-electron chi connectivity index (χ4n) is 1.26. The molecule has 1 rings (SSSR count). The van der Waals surface area contributed by atoms with Crippen molar-refractivity contribution in [3.8, 4) is 11.8 Å². The van der Waals surface area contributed by atoms with Crippen molar-refractivity contribution in [1.29, 1.82) is 0 Å². The molecule has 0 aliphatic carbocycles. The van der Waals surface area contributed by atoms with E-state index in [1.165, 1.54) is 6.07 Å². The van der Waals surface area contributed by atoms with Gasteiger partial charge in [0.25, 0.3) is 0 Å². The molecule has 4 nitrogen and oxygen atoms in total. The highest BCUT2D eigenvalue weighted by Crippen LogP contribution is 2.21.